The number of sulfonamides is 1. The molecule has 5 rings (SSSR count). The van der Waals surface area contributed by atoms with Crippen LogP contribution in [0.1, 0.15) is 80.0 Å². The highest BCUT2D eigenvalue weighted by Gasteiger charge is 2.47. The van der Waals surface area contributed by atoms with Gasteiger partial charge < -0.3 is 15.6 Å². The summed E-state index contributed by atoms with van der Waals surface area (Å²) in [5.74, 6) is 0.201. The van der Waals surface area contributed by atoms with Gasteiger partial charge >= 0.3 is 0 Å². The van der Waals surface area contributed by atoms with Crippen LogP contribution in [0.25, 0.3) is 0 Å². The predicted octanol–water partition coefficient (Wildman–Crippen LogP) is 2.07. The lowest BCUT2D eigenvalue weighted by atomic mass is 9.88. The molecule has 172 valence electrons. The van der Waals surface area contributed by atoms with Crippen molar-refractivity contribution in [2.75, 3.05) is 5.75 Å². The number of nitrogens with one attached hydrogen (secondary N) is 1. The largest absolute Gasteiger partial charge is 0.360 e. The van der Waals surface area contributed by atoms with E-state index in [-0.39, 0.29) is 53.4 Å². The summed E-state index contributed by atoms with van der Waals surface area (Å²) in [5.41, 5.74) is 6.12. The standard InChI is InChI=1S/C21H31FN4O4S/c22-18-9-17(18)20-10-19(25-30-20)21(27)24-14-7-15-5-6-16(8-14)26(15)31(28,29)11-12-1-3-13(23)4-2-12/h10,12-18H,1-9,11,23H2,(H,24,27)/t12?,13?,14?,15-,16+,17-,18-/m0/s1. The van der Waals surface area contributed by atoms with Gasteiger partial charge in [-0.1, -0.05) is 5.16 Å². The van der Waals surface area contributed by atoms with E-state index in [0.717, 1.165) is 38.5 Å². The Morgan fingerprint density at radius 1 is 1.16 bits per heavy atom. The van der Waals surface area contributed by atoms with Crippen LogP contribution < -0.4 is 11.1 Å². The Labute approximate surface area is 182 Å². The Hall–Kier alpha value is -1.52. The minimum atomic E-state index is -3.33. The number of aromatic nitrogens is 1. The third kappa shape index (κ3) is 4.39. The molecule has 31 heavy (non-hydrogen) atoms. The Kier molecular flexibility index (Phi) is 5.58. The van der Waals surface area contributed by atoms with Gasteiger partial charge in [-0.05, 0) is 63.7 Å². The Bertz CT molecular complexity index is 916. The number of amides is 1. The maximum Gasteiger partial charge on any atom is 0.273 e. The number of hydrogen-bond donors (Lipinski definition) is 2. The molecule has 0 aromatic carbocycles. The second-order valence-electron chi connectivity index (χ2n) is 9.89. The van der Waals surface area contributed by atoms with Crippen LogP contribution in [-0.2, 0) is 10.0 Å². The number of hydrogen-bond acceptors (Lipinski definition) is 6. The number of halogens is 1. The van der Waals surface area contributed by atoms with Crippen LogP contribution in [0.2, 0.25) is 0 Å². The molecule has 4 fully saturated rings. The molecule has 1 aromatic heterocycles. The Morgan fingerprint density at radius 2 is 1.81 bits per heavy atom. The zero-order valence-electron chi connectivity index (χ0n) is 17.6. The monoisotopic (exact) mass is 454 g/mol. The zero-order chi connectivity index (χ0) is 21.8. The van der Waals surface area contributed by atoms with Crippen molar-refractivity contribution in [1.29, 1.82) is 0 Å². The quantitative estimate of drug-likeness (QED) is 0.679. The molecule has 0 spiro atoms. The first-order valence-corrected chi connectivity index (χ1v) is 13.1. The fourth-order valence-electron chi connectivity index (χ4n) is 5.73. The molecule has 3 heterocycles. The lowest BCUT2D eigenvalue weighted by Gasteiger charge is -2.39. The lowest BCUT2D eigenvalue weighted by Crippen LogP contribution is -2.53. The fraction of sp³-hybridized carbons (Fsp3) is 0.810. The van der Waals surface area contributed by atoms with E-state index in [9.17, 15) is 17.6 Å². The van der Waals surface area contributed by atoms with E-state index in [1.54, 1.807) is 4.31 Å². The Morgan fingerprint density at radius 3 is 2.42 bits per heavy atom. The van der Waals surface area contributed by atoms with Crippen molar-refractivity contribution >= 4 is 15.9 Å². The van der Waals surface area contributed by atoms with Gasteiger partial charge in [0.2, 0.25) is 10.0 Å². The number of alkyl halides is 1. The highest BCUT2D eigenvalue weighted by molar-refractivity contribution is 7.89. The van der Waals surface area contributed by atoms with Crippen LogP contribution in [0.5, 0.6) is 0 Å². The number of carbonyl (C=O) groups excluding carboxylic acids is 1. The summed E-state index contributed by atoms with van der Waals surface area (Å²) in [6.45, 7) is 0. The smallest absolute Gasteiger partial charge is 0.273 e. The van der Waals surface area contributed by atoms with Crippen molar-refractivity contribution in [1.82, 2.24) is 14.8 Å². The van der Waals surface area contributed by atoms with E-state index in [2.05, 4.69) is 10.5 Å². The molecule has 2 saturated heterocycles. The molecule has 3 N–H and O–H groups in total. The SMILES string of the molecule is NC1CCC(CS(=O)(=O)N2[C@@H]3CC[C@H]2CC(NC(=O)c2cc([C@H]4C[C@@H]4F)on2)C3)CC1. The zero-order valence-corrected chi connectivity index (χ0v) is 18.4. The van der Waals surface area contributed by atoms with Crippen molar-refractivity contribution < 1.29 is 22.1 Å². The molecule has 1 unspecified atom stereocenters. The van der Waals surface area contributed by atoms with E-state index >= 15 is 0 Å². The summed E-state index contributed by atoms with van der Waals surface area (Å²) in [6.07, 6.45) is 5.95. The van der Waals surface area contributed by atoms with Gasteiger partial charge in [-0.15, -0.1) is 0 Å². The molecular weight excluding hydrogens is 423 g/mol. The van der Waals surface area contributed by atoms with Crippen LogP contribution in [0.4, 0.5) is 4.39 Å². The molecule has 1 amide bonds. The van der Waals surface area contributed by atoms with Gasteiger partial charge in [-0.2, -0.15) is 4.31 Å². The molecule has 5 atom stereocenters. The summed E-state index contributed by atoms with van der Waals surface area (Å²) < 4.78 is 46.4. The van der Waals surface area contributed by atoms with Crippen molar-refractivity contribution in [2.24, 2.45) is 11.7 Å². The second-order valence-corrected chi connectivity index (χ2v) is 11.8. The van der Waals surface area contributed by atoms with Crippen molar-refractivity contribution in [3.05, 3.63) is 17.5 Å². The summed E-state index contributed by atoms with van der Waals surface area (Å²) in [5, 5.41) is 6.77. The fourth-order valence-corrected chi connectivity index (χ4v) is 8.13. The van der Waals surface area contributed by atoms with Gasteiger partial charge in [-0.25, -0.2) is 12.8 Å². The molecule has 2 bridgehead atoms. The van der Waals surface area contributed by atoms with Crippen LogP contribution in [-0.4, -0.2) is 59.9 Å². The van der Waals surface area contributed by atoms with Crippen LogP contribution in [0.15, 0.2) is 10.6 Å². The summed E-state index contributed by atoms with van der Waals surface area (Å²) in [7, 11) is -3.33. The van der Waals surface area contributed by atoms with Gasteiger partial charge in [0.1, 0.15) is 11.9 Å². The van der Waals surface area contributed by atoms with Gasteiger partial charge in [0.05, 0.1) is 11.7 Å². The van der Waals surface area contributed by atoms with E-state index in [0.29, 0.717) is 25.0 Å². The van der Waals surface area contributed by atoms with Gasteiger partial charge in [0.15, 0.2) is 5.69 Å². The minimum absolute atomic E-state index is 0.0634. The first-order valence-electron chi connectivity index (χ1n) is 11.5. The number of nitrogens with zero attached hydrogens (tertiary/aromatic N) is 2. The number of nitrogens with two attached hydrogens (primary N) is 1. The molecule has 4 aliphatic rings. The van der Waals surface area contributed by atoms with Crippen LogP contribution >= 0.6 is 0 Å². The topological polar surface area (TPSA) is 119 Å². The molecular formula is C21H31FN4O4S. The second kappa shape index (κ2) is 8.12. The highest BCUT2D eigenvalue weighted by atomic mass is 32.2. The summed E-state index contributed by atoms with van der Waals surface area (Å²) >= 11 is 0. The normalized spacial score (nSPS) is 38.2. The van der Waals surface area contributed by atoms with Crippen molar-refractivity contribution in [2.45, 2.75) is 94.0 Å². The first kappa shape index (κ1) is 21.3. The van der Waals surface area contributed by atoms with Crippen molar-refractivity contribution in [3.63, 3.8) is 0 Å². The molecule has 8 nitrogen and oxygen atoms in total. The summed E-state index contributed by atoms with van der Waals surface area (Å²) in [6, 6.07) is 1.50. The van der Waals surface area contributed by atoms with Crippen LogP contribution in [0.3, 0.4) is 0 Å². The van der Waals surface area contributed by atoms with Crippen LogP contribution in [0, 0.1) is 5.92 Å². The Balaban J connectivity index is 1.18. The molecule has 2 aliphatic heterocycles. The van der Waals surface area contributed by atoms with E-state index in [1.807, 2.05) is 0 Å². The first-order chi connectivity index (χ1) is 14.8. The van der Waals surface area contributed by atoms with E-state index < -0.39 is 16.2 Å². The lowest BCUT2D eigenvalue weighted by molar-refractivity contribution is 0.0900. The molecule has 2 aliphatic carbocycles. The third-order valence-corrected chi connectivity index (χ3v) is 9.63. The third-order valence-electron chi connectivity index (χ3n) is 7.50. The highest BCUT2D eigenvalue weighted by Crippen LogP contribution is 2.43. The molecule has 2 saturated carbocycles. The molecule has 0 radical (unpaired) electrons. The van der Waals surface area contributed by atoms with E-state index in [1.165, 1.54) is 6.07 Å². The van der Waals surface area contributed by atoms with Crippen molar-refractivity contribution in [3.8, 4) is 0 Å². The van der Waals surface area contributed by atoms with E-state index in [4.69, 9.17) is 10.3 Å². The maximum absolute atomic E-state index is 13.2. The predicted molar refractivity (Wildman–Crippen MR) is 112 cm³/mol. The van der Waals surface area contributed by atoms with Gasteiger partial charge in [0.25, 0.3) is 5.91 Å². The average molecular weight is 455 g/mol. The molecule has 1 aromatic rings. The number of carbonyl (C=O) groups is 1. The number of rotatable bonds is 6. The summed E-state index contributed by atoms with van der Waals surface area (Å²) in [4.78, 5) is 12.6. The van der Waals surface area contributed by atoms with Gasteiger partial charge in [-0.3, -0.25) is 4.79 Å². The van der Waals surface area contributed by atoms with Gasteiger partial charge in [0, 0.05) is 30.2 Å². The average Bonchev–Trinajstić information content (AvgIpc) is 3.13. The number of piperidine rings is 1. The number of fused-ring (bicyclic) bond motifs is 2. The minimum Gasteiger partial charge on any atom is -0.360 e. The maximum atomic E-state index is 13.2. The molecule has 10 heteroatoms.